The van der Waals surface area contributed by atoms with Gasteiger partial charge in [0.1, 0.15) is 17.3 Å². The largest absolute Gasteiger partial charge is 0.255 e. The van der Waals surface area contributed by atoms with Gasteiger partial charge >= 0.3 is 0 Å². The molecule has 0 saturated heterocycles. The molecule has 1 aliphatic heterocycles. The Morgan fingerprint density at radius 1 is 0.920 bits per heavy atom. The molecule has 0 fully saturated rings. The molecule has 0 N–H and O–H groups in total. The van der Waals surface area contributed by atoms with E-state index in [4.69, 9.17) is 0 Å². The van der Waals surface area contributed by atoms with E-state index < -0.39 is 0 Å². The van der Waals surface area contributed by atoms with Gasteiger partial charge < -0.3 is 0 Å². The summed E-state index contributed by atoms with van der Waals surface area (Å²) in [5, 5.41) is 0. The minimum atomic E-state index is 0.0584. The lowest BCUT2D eigenvalue weighted by atomic mass is 9.84. The van der Waals surface area contributed by atoms with Crippen LogP contribution in [0, 0.1) is 32.6 Å². The monoisotopic (exact) mass is 343 g/mol. The van der Waals surface area contributed by atoms with Gasteiger partial charge in [-0.15, -0.1) is 0 Å². The van der Waals surface area contributed by atoms with Crippen LogP contribution in [0.25, 0.3) is 0 Å². The van der Waals surface area contributed by atoms with Crippen LogP contribution in [0.4, 0.5) is 5.69 Å². The maximum Gasteiger partial charge on any atom is 0.255 e. The number of hydrogen-bond acceptors (Lipinski definition) is 1. The standard InChI is InChI=1S/C23H39N2/c1-14(2)21-23(10,11)25(22(15(3)4)24(21)16(5)6)20-18(8)12-17(7)13-19(20)9/h12-16,21H,1-11H3/q+1/t21-/m1/s1. The predicted molar refractivity (Wildman–Crippen MR) is 111 cm³/mol. The van der Waals surface area contributed by atoms with Crippen LogP contribution in [0.3, 0.4) is 0 Å². The Morgan fingerprint density at radius 3 is 1.76 bits per heavy atom. The lowest BCUT2D eigenvalue weighted by molar-refractivity contribution is -0.601. The minimum absolute atomic E-state index is 0.0584. The molecule has 0 spiro atoms. The molecule has 0 saturated carbocycles. The smallest absolute Gasteiger partial charge is 0.255 e. The zero-order valence-corrected chi connectivity index (χ0v) is 18.4. The molecule has 1 aromatic carbocycles. The van der Waals surface area contributed by atoms with Gasteiger partial charge in [0.15, 0.2) is 0 Å². The maximum atomic E-state index is 2.70. The van der Waals surface area contributed by atoms with E-state index in [2.05, 4.69) is 97.8 Å². The first-order valence-corrected chi connectivity index (χ1v) is 9.94. The van der Waals surface area contributed by atoms with Crippen LogP contribution < -0.4 is 4.90 Å². The van der Waals surface area contributed by atoms with Crippen molar-refractivity contribution in [3.63, 3.8) is 0 Å². The van der Waals surface area contributed by atoms with Gasteiger partial charge in [-0.1, -0.05) is 45.4 Å². The summed E-state index contributed by atoms with van der Waals surface area (Å²) < 4.78 is 2.70. The van der Waals surface area contributed by atoms with Crippen LogP contribution in [-0.2, 0) is 0 Å². The van der Waals surface area contributed by atoms with Crippen LogP contribution in [-0.4, -0.2) is 28.0 Å². The summed E-state index contributed by atoms with van der Waals surface area (Å²) in [7, 11) is 0. The van der Waals surface area contributed by atoms with Gasteiger partial charge in [0, 0.05) is 0 Å². The van der Waals surface area contributed by atoms with Gasteiger partial charge in [0.05, 0.1) is 12.0 Å². The van der Waals surface area contributed by atoms with Gasteiger partial charge in [-0.3, -0.25) is 4.58 Å². The molecule has 2 rings (SSSR count). The Morgan fingerprint density at radius 2 is 1.40 bits per heavy atom. The number of anilines is 1. The van der Waals surface area contributed by atoms with Gasteiger partial charge in [-0.2, -0.15) is 0 Å². The second-order valence-electron chi connectivity index (χ2n) is 9.44. The van der Waals surface area contributed by atoms with Crippen LogP contribution in [0.2, 0.25) is 0 Å². The Bertz CT molecular complexity index is 654. The quantitative estimate of drug-likeness (QED) is 0.635. The van der Waals surface area contributed by atoms with E-state index in [9.17, 15) is 0 Å². The van der Waals surface area contributed by atoms with Crippen molar-refractivity contribution in [2.45, 2.75) is 93.8 Å². The van der Waals surface area contributed by atoms with E-state index in [1.807, 2.05) is 0 Å². The number of hydrogen-bond donors (Lipinski definition) is 0. The van der Waals surface area contributed by atoms with Crippen molar-refractivity contribution in [1.29, 1.82) is 0 Å². The van der Waals surface area contributed by atoms with E-state index in [0.29, 0.717) is 23.9 Å². The molecule has 0 radical (unpaired) electrons. The summed E-state index contributed by atoms with van der Waals surface area (Å²) in [6, 6.07) is 5.67. The summed E-state index contributed by atoms with van der Waals surface area (Å²) >= 11 is 0. The lowest BCUT2D eigenvalue weighted by Crippen LogP contribution is -2.53. The molecule has 2 nitrogen and oxygen atoms in total. The molecule has 0 unspecified atom stereocenters. The molecule has 25 heavy (non-hydrogen) atoms. The van der Waals surface area contributed by atoms with Crippen molar-refractivity contribution in [2.24, 2.45) is 11.8 Å². The SMILES string of the molecule is Cc1cc(C)c(N2C(C(C)C)=[N+](C(C)C)[C@H](C(C)C)C2(C)C)c(C)c1. The first kappa shape index (κ1) is 20.0. The lowest BCUT2D eigenvalue weighted by Gasteiger charge is -2.35. The first-order valence-electron chi connectivity index (χ1n) is 9.94. The number of nitrogens with zero attached hydrogens (tertiary/aromatic N) is 2. The Labute approximate surface area is 155 Å². The van der Waals surface area contributed by atoms with Gasteiger partial charge in [0.25, 0.3) is 5.84 Å². The molecule has 0 amide bonds. The van der Waals surface area contributed by atoms with E-state index in [0.717, 1.165) is 0 Å². The third-order valence-corrected chi connectivity index (χ3v) is 5.66. The zero-order chi connectivity index (χ0) is 19.3. The predicted octanol–water partition coefficient (Wildman–Crippen LogP) is 5.71. The number of aryl methyl sites for hydroxylation is 3. The summed E-state index contributed by atoms with van der Waals surface area (Å²) in [5.41, 5.74) is 5.59. The highest BCUT2D eigenvalue weighted by Gasteiger charge is 2.57. The van der Waals surface area contributed by atoms with E-state index in [-0.39, 0.29) is 5.54 Å². The summed E-state index contributed by atoms with van der Waals surface area (Å²) in [6.07, 6.45) is 0. The average Bonchev–Trinajstić information content (AvgIpc) is 2.66. The summed E-state index contributed by atoms with van der Waals surface area (Å²) in [6.45, 7) is 25.7. The number of rotatable bonds is 4. The highest BCUT2D eigenvalue weighted by Crippen LogP contribution is 2.42. The molecule has 1 aromatic rings. The van der Waals surface area contributed by atoms with E-state index >= 15 is 0 Å². The fourth-order valence-electron chi connectivity index (χ4n) is 5.23. The second kappa shape index (κ2) is 6.78. The Balaban J connectivity index is 2.83. The third kappa shape index (κ3) is 3.25. The van der Waals surface area contributed by atoms with Crippen molar-refractivity contribution in [2.75, 3.05) is 4.90 Å². The molecular weight excluding hydrogens is 304 g/mol. The molecule has 1 atom stereocenters. The zero-order valence-electron chi connectivity index (χ0n) is 18.4. The number of amidine groups is 1. The highest BCUT2D eigenvalue weighted by atomic mass is 15.4. The summed E-state index contributed by atoms with van der Waals surface area (Å²) in [4.78, 5) is 2.67. The molecule has 1 heterocycles. The molecule has 0 aliphatic carbocycles. The average molecular weight is 344 g/mol. The highest BCUT2D eigenvalue weighted by molar-refractivity contribution is 5.99. The van der Waals surface area contributed by atoms with Crippen molar-refractivity contribution in [3.8, 4) is 0 Å². The van der Waals surface area contributed by atoms with E-state index in [1.165, 1.54) is 28.2 Å². The minimum Gasteiger partial charge on any atom is -0.255 e. The third-order valence-electron chi connectivity index (χ3n) is 5.66. The summed E-state index contributed by atoms with van der Waals surface area (Å²) in [5.74, 6) is 2.57. The van der Waals surface area contributed by atoms with Crippen molar-refractivity contribution < 1.29 is 4.58 Å². The van der Waals surface area contributed by atoms with Crippen LogP contribution in [0.15, 0.2) is 12.1 Å². The fraction of sp³-hybridized carbons (Fsp3) is 0.696. The Hall–Kier alpha value is -1.31. The molecule has 1 aliphatic rings. The van der Waals surface area contributed by atoms with Gasteiger partial charge in [-0.25, -0.2) is 4.90 Å². The van der Waals surface area contributed by atoms with E-state index in [1.54, 1.807) is 0 Å². The van der Waals surface area contributed by atoms with Gasteiger partial charge in [0.2, 0.25) is 0 Å². The van der Waals surface area contributed by atoms with Crippen molar-refractivity contribution in [3.05, 3.63) is 28.8 Å². The molecule has 0 bridgehead atoms. The molecule has 140 valence electrons. The first-order chi connectivity index (χ1) is 11.4. The molecular formula is C23H39N2+. The maximum absolute atomic E-state index is 2.70. The van der Waals surface area contributed by atoms with Crippen LogP contribution >= 0.6 is 0 Å². The van der Waals surface area contributed by atoms with Crippen molar-refractivity contribution in [1.82, 2.24) is 0 Å². The molecule has 2 heteroatoms. The van der Waals surface area contributed by atoms with Crippen LogP contribution in [0.5, 0.6) is 0 Å². The fourth-order valence-corrected chi connectivity index (χ4v) is 5.23. The normalized spacial score (nSPS) is 20.6. The number of benzene rings is 1. The second-order valence-corrected chi connectivity index (χ2v) is 9.44. The topological polar surface area (TPSA) is 6.25 Å². The van der Waals surface area contributed by atoms with Crippen LogP contribution in [0.1, 0.15) is 72.1 Å². The molecule has 0 aromatic heterocycles. The Kier molecular flexibility index (Phi) is 5.42. The van der Waals surface area contributed by atoms with Gasteiger partial charge in [-0.05, 0) is 65.5 Å². The van der Waals surface area contributed by atoms with Crippen molar-refractivity contribution >= 4 is 11.5 Å².